The fourth-order valence-electron chi connectivity index (χ4n) is 5.61. The van der Waals surface area contributed by atoms with Crippen LogP contribution in [-0.4, -0.2) is 53.2 Å². The van der Waals surface area contributed by atoms with E-state index in [9.17, 15) is 32.3 Å². The molecule has 0 saturated carbocycles. The van der Waals surface area contributed by atoms with Gasteiger partial charge in [0.05, 0.1) is 31.0 Å². The van der Waals surface area contributed by atoms with Gasteiger partial charge in [0.15, 0.2) is 0 Å². The minimum atomic E-state index is -4.67. The Hall–Kier alpha value is -5.72. The van der Waals surface area contributed by atoms with Crippen LogP contribution in [0.15, 0.2) is 97.2 Å². The second kappa shape index (κ2) is 14.0. The third-order valence-electron chi connectivity index (χ3n) is 7.95. The van der Waals surface area contributed by atoms with E-state index in [1.807, 2.05) is 30.3 Å². The number of methoxy groups -OCH3 is 1. The van der Waals surface area contributed by atoms with Crippen LogP contribution >= 0.6 is 0 Å². The van der Waals surface area contributed by atoms with Gasteiger partial charge in [-0.05, 0) is 48.4 Å². The van der Waals surface area contributed by atoms with E-state index in [-0.39, 0.29) is 30.6 Å². The molecule has 0 bridgehead atoms. The Kier molecular flexibility index (Phi) is 9.78. The summed E-state index contributed by atoms with van der Waals surface area (Å²) in [5.74, 6) is -2.81. The molecule has 2 N–H and O–H groups in total. The van der Waals surface area contributed by atoms with E-state index in [0.717, 1.165) is 18.2 Å². The van der Waals surface area contributed by atoms with Crippen molar-refractivity contribution in [1.82, 2.24) is 20.4 Å². The summed E-state index contributed by atoms with van der Waals surface area (Å²) in [4.78, 5) is 53.4. The summed E-state index contributed by atoms with van der Waals surface area (Å²) in [5.41, 5.74) is 1.28. The molecular weight excluding hydrogens is 627 g/mol. The van der Waals surface area contributed by atoms with Gasteiger partial charge in [-0.3, -0.25) is 24.1 Å². The van der Waals surface area contributed by atoms with Crippen LogP contribution in [-0.2, 0) is 31.8 Å². The van der Waals surface area contributed by atoms with Gasteiger partial charge in [-0.2, -0.15) is 18.3 Å². The standard InChI is InChI=1S/C35H32F3N5O5/c1-4-42-33-27(20-40-43(33)26-14-6-5-7-15-26)29(23-11-8-10-22(17-23)19-39-31(45)21(2)16-28(44)48-3)30(34(42)47)41-32(46)24-12-9-13-25(18-24)35(36,37)38/h5-15,17-18,20,29-30H,2,4,16,19H2,1,3H3,(H,39,45)(H,41,46)/t29-,30+/m0/s1. The van der Waals surface area contributed by atoms with Crippen LogP contribution in [0.3, 0.4) is 0 Å². The highest BCUT2D eigenvalue weighted by molar-refractivity contribution is 6.05. The maximum atomic E-state index is 14.3. The summed E-state index contributed by atoms with van der Waals surface area (Å²) in [6, 6.07) is 18.9. The molecule has 0 saturated heterocycles. The molecule has 0 spiro atoms. The number of alkyl halides is 3. The highest BCUT2D eigenvalue weighted by Gasteiger charge is 2.44. The molecule has 1 aromatic heterocycles. The van der Waals surface area contributed by atoms with E-state index in [2.05, 4.69) is 27.0 Å². The Morgan fingerprint density at radius 1 is 1.00 bits per heavy atom. The first kappa shape index (κ1) is 33.6. The third kappa shape index (κ3) is 6.99. The monoisotopic (exact) mass is 659 g/mol. The number of benzene rings is 3. The van der Waals surface area contributed by atoms with Crippen LogP contribution in [0.2, 0.25) is 0 Å². The van der Waals surface area contributed by atoms with Crippen LogP contribution in [0.1, 0.15) is 51.9 Å². The molecule has 3 amide bonds. The quantitative estimate of drug-likeness (QED) is 0.184. The van der Waals surface area contributed by atoms with Crippen LogP contribution < -0.4 is 15.5 Å². The van der Waals surface area contributed by atoms with Crippen molar-refractivity contribution in [2.75, 3.05) is 18.6 Å². The number of likely N-dealkylation sites (N-methyl/N-ethyl adjacent to an activating group) is 1. The van der Waals surface area contributed by atoms with Crippen LogP contribution in [0.4, 0.5) is 19.0 Å². The number of carbonyl (C=O) groups is 4. The largest absolute Gasteiger partial charge is 0.469 e. The van der Waals surface area contributed by atoms with Crippen molar-refractivity contribution < 1.29 is 37.1 Å². The van der Waals surface area contributed by atoms with Crippen LogP contribution in [0.25, 0.3) is 5.69 Å². The number of carbonyl (C=O) groups excluding carboxylic acids is 4. The van der Waals surface area contributed by atoms with Gasteiger partial charge in [0.25, 0.3) is 11.8 Å². The summed E-state index contributed by atoms with van der Waals surface area (Å²) in [7, 11) is 1.21. The Morgan fingerprint density at radius 2 is 1.73 bits per heavy atom. The number of hydrogen-bond acceptors (Lipinski definition) is 6. The number of nitrogens with zero attached hydrogens (tertiary/aromatic N) is 3. The summed E-state index contributed by atoms with van der Waals surface area (Å²) in [5, 5.41) is 10.0. The Morgan fingerprint density at radius 3 is 2.42 bits per heavy atom. The molecule has 4 aromatic rings. The molecule has 2 atom stereocenters. The lowest BCUT2D eigenvalue weighted by molar-refractivity contribution is -0.140. The molecule has 0 fully saturated rings. The fraction of sp³-hybridized carbons (Fsp3) is 0.229. The van der Waals surface area contributed by atoms with Gasteiger partial charge in [-0.1, -0.05) is 55.1 Å². The van der Waals surface area contributed by atoms with Crippen LogP contribution in [0.5, 0.6) is 0 Å². The first-order valence-corrected chi connectivity index (χ1v) is 15.0. The van der Waals surface area contributed by atoms with Crippen molar-refractivity contribution in [1.29, 1.82) is 0 Å². The summed E-state index contributed by atoms with van der Waals surface area (Å²) in [6.45, 7) is 5.67. The summed E-state index contributed by atoms with van der Waals surface area (Å²) < 4.78 is 46.6. The highest BCUT2D eigenvalue weighted by atomic mass is 19.4. The molecule has 5 rings (SSSR count). The van der Waals surface area contributed by atoms with Gasteiger partial charge in [0.2, 0.25) is 5.91 Å². The fourth-order valence-corrected chi connectivity index (χ4v) is 5.61. The zero-order valence-electron chi connectivity index (χ0n) is 26.1. The smallest absolute Gasteiger partial charge is 0.416 e. The number of para-hydroxylation sites is 1. The molecule has 10 nitrogen and oxygen atoms in total. The van der Waals surface area contributed by atoms with Gasteiger partial charge in [-0.15, -0.1) is 0 Å². The van der Waals surface area contributed by atoms with Gasteiger partial charge in [0.1, 0.15) is 11.9 Å². The lowest BCUT2D eigenvalue weighted by atomic mass is 9.81. The first-order valence-electron chi connectivity index (χ1n) is 15.0. The van der Waals surface area contributed by atoms with E-state index >= 15 is 0 Å². The topological polar surface area (TPSA) is 123 Å². The maximum Gasteiger partial charge on any atom is 0.416 e. The molecular formula is C35H32F3N5O5. The number of anilines is 1. The maximum absolute atomic E-state index is 14.3. The number of halogens is 3. The third-order valence-corrected chi connectivity index (χ3v) is 7.95. The molecule has 3 aromatic carbocycles. The van der Waals surface area contributed by atoms with Crippen molar-refractivity contribution >= 4 is 29.5 Å². The van der Waals surface area contributed by atoms with E-state index < -0.39 is 47.4 Å². The minimum Gasteiger partial charge on any atom is -0.469 e. The summed E-state index contributed by atoms with van der Waals surface area (Å²) in [6.07, 6.45) is -3.33. The average molecular weight is 660 g/mol. The Balaban J connectivity index is 1.54. The predicted octanol–water partition coefficient (Wildman–Crippen LogP) is 4.92. The predicted molar refractivity (Wildman–Crippen MR) is 170 cm³/mol. The number of amides is 3. The second-order valence-corrected chi connectivity index (χ2v) is 11.0. The van der Waals surface area contributed by atoms with Crippen molar-refractivity contribution in [2.24, 2.45) is 0 Å². The van der Waals surface area contributed by atoms with E-state index in [0.29, 0.717) is 28.2 Å². The van der Waals surface area contributed by atoms with Crippen molar-refractivity contribution in [3.05, 3.63) is 125 Å². The molecule has 0 radical (unpaired) electrons. The Labute approximate surface area is 274 Å². The van der Waals surface area contributed by atoms with E-state index in [4.69, 9.17) is 0 Å². The van der Waals surface area contributed by atoms with Gasteiger partial charge >= 0.3 is 12.1 Å². The van der Waals surface area contributed by atoms with Gasteiger partial charge < -0.3 is 15.4 Å². The number of rotatable bonds is 10. The average Bonchev–Trinajstić information content (AvgIpc) is 3.52. The Bertz CT molecular complexity index is 1870. The second-order valence-electron chi connectivity index (χ2n) is 11.0. The van der Waals surface area contributed by atoms with Gasteiger partial charge in [0, 0.05) is 35.7 Å². The summed E-state index contributed by atoms with van der Waals surface area (Å²) >= 11 is 0. The number of esters is 1. The highest BCUT2D eigenvalue weighted by Crippen LogP contribution is 2.41. The minimum absolute atomic E-state index is 0.0193. The van der Waals surface area contributed by atoms with Crippen LogP contribution in [0, 0.1) is 0 Å². The van der Waals surface area contributed by atoms with E-state index in [1.165, 1.54) is 18.1 Å². The zero-order valence-corrected chi connectivity index (χ0v) is 26.1. The lowest BCUT2D eigenvalue weighted by Crippen LogP contribution is -2.55. The van der Waals surface area contributed by atoms with Crippen molar-refractivity contribution in [3.8, 4) is 5.69 Å². The number of hydrogen-bond donors (Lipinski definition) is 2. The number of fused-ring (bicyclic) bond motifs is 1. The van der Waals surface area contributed by atoms with E-state index in [1.54, 1.807) is 42.1 Å². The zero-order chi connectivity index (χ0) is 34.6. The number of aromatic nitrogens is 2. The number of ether oxygens (including phenoxy) is 1. The lowest BCUT2D eigenvalue weighted by Gasteiger charge is -2.38. The molecule has 1 aliphatic heterocycles. The van der Waals surface area contributed by atoms with Crippen molar-refractivity contribution in [3.63, 3.8) is 0 Å². The number of nitrogens with one attached hydrogen (secondary N) is 2. The molecule has 1 aliphatic rings. The SMILES string of the molecule is C=C(CC(=O)OC)C(=O)NCc1cccc([C@H]2c3cnn(-c4ccccc4)c3N(CC)C(=O)[C@@H]2NC(=O)c2cccc(C(F)(F)F)c2)c1. The molecule has 248 valence electrons. The van der Waals surface area contributed by atoms with Crippen molar-refractivity contribution in [2.45, 2.75) is 38.0 Å². The first-order chi connectivity index (χ1) is 22.9. The normalized spacial score (nSPS) is 15.8. The van der Waals surface area contributed by atoms with Gasteiger partial charge in [-0.25, -0.2) is 4.68 Å². The molecule has 2 heterocycles. The molecule has 0 aliphatic carbocycles. The molecule has 0 unspecified atom stereocenters. The molecule has 48 heavy (non-hydrogen) atoms. The molecule has 13 heteroatoms.